The molecule has 0 bridgehead atoms. The molecule has 0 saturated heterocycles. The van der Waals surface area contributed by atoms with E-state index >= 15 is 0 Å². The van der Waals surface area contributed by atoms with Gasteiger partial charge in [0.15, 0.2) is 0 Å². The number of methoxy groups -OCH3 is 1. The number of fused-ring (bicyclic) bond motifs is 2. The largest absolute Gasteiger partial charge is 0.465 e. The number of hydrogen-bond acceptors (Lipinski definition) is 5. The summed E-state index contributed by atoms with van der Waals surface area (Å²) in [4.78, 5) is 27.2. The first kappa shape index (κ1) is 20.7. The summed E-state index contributed by atoms with van der Waals surface area (Å²) in [5, 5.41) is 2.95. The van der Waals surface area contributed by atoms with Gasteiger partial charge in [-0.05, 0) is 54.3 Å². The van der Waals surface area contributed by atoms with Crippen molar-refractivity contribution in [1.82, 2.24) is 0 Å². The Bertz CT molecular complexity index is 1340. The van der Waals surface area contributed by atoms with Gasteiger partial charge in [-0.1, -0.05) is 42.5 Å². The fourth-order valence-corrected chi connectivity index (χ4v) is 4.28. The zero-order chi connectivity index (χ0) is 22.1. The predicted octanol–water partition coefficient (Wildman–Crippen LogP) is 5.55. The second kappa shape index (κ2) is 8.26. The molecule has 5 heteroatoms. The van der Waals surface area contributed by atoms with Crippen LogP contribution in [0.3, 0.4) is 0 Å². The van der Waals surface area contributed by atoms with E-state index in [2.05, 4.69) is 49.1 Å². The van der Waals surface area contributed by atoms with Crippen LogP contribution < -0.4 is 10.5 Å². The van der Waals surface area contributed by atoms with Crippen molar-refractivity contribution in [1.29, 1.82) is 0 Å². The molecule has 31 heavy (non-hydrogen) atoms. The van der Waals surface area contributed by atoms with E-state index < -0.39 is 11.6 Å². The zero-order valence-electron chi connectivity index (χ0n) is 18.2. The number of carbonyl (C=O) groups excluding carboxylic acids is 1. The molecule has 0 atom stereocenters. The van der Waals surface area contributed by atoms with E-state index in [1.54, 1.807) is 6.92 Å². The number of hydrogen-bond donors (Lipinski definition) is 0. The van der Waals surface area contributed by atoms with Gasteiger partial charge in [0, 0.05) is 30.2 Å². The van der Waals surface area contributed by atoms with Crippen LogP contribution in [0.1, 0.15) is 29.8 Å². The smallest absolute Gasteiger partial charge is 0.351 e. The minimum Gasteiger partial charge on any atom is -0.465 e. The Morgan fingerprint density at radius 2 is 1.71 bits per heavy atom. The van der Waals surface area contributed by atoms with Crippen LogP contribution in [0.25, 0.3) is 32.9 Å². The van der Waals surface area contributed by atoms with Crippen LogP contribution in [0.4, 0.5) is 5.69 Å². The van der Waals surface area contributed by atoms with Gasteiger partial charge in [0.2, 0.25) is 0 Å². The summed E-state index contributed by atoms with van der Waals surface area (Å²) in [5.74, 6) is -0.690. The Morgan fingerprint density at radius 1 is 1.00 bits per heavy atom. The monoisotopic (exact) mass is 415 g/mol. The Hall–Kier alpha value is -3.60. The van der Waals surface area contributed by atoms with Crippen LogP contribution >= 0.6 is 0 Å². The number of nitrogens with zero attached hydrogens (tertiary/aromatic N) is 1. The van der Waals surface area contributed by atoms with Crippen molar-refractivity contribution in [3.63, 3.8) is 0 Å². The predicted molar refractivity (Wildman–Crippen MR) is 125 cm³/mol. The van der Waals surface area contributed by atoms with E-state index in [4.69, 9.17) is 9.15 Å². The van der Waals surface area contributed by atoms with Crippen LogP contribution in [0.15, 0.2) is 63.8 Å². The van der Waals surface area contributed by atoms with Crippen LogP contribution in [-0.2, 0) is 4.74 Å². The summed E-state index contributed by atoms with van der Waals surface area (Å²) in [5.41, 5.74) is 3.18. The van der Waals surface area contributed by atoms with Crippen LogP contribution in [-0.4, -0.2) is 26.2 Å². The molecule has 0 fully saturated rings. The summed E-state index contributed by atoms with van der Waals surface area (Å²) in [6, 6.07) is 18.3. The summed E-state index contributed by atoms with van der Waals surface area (Å²) >= 11 is 0. The second-order valence-corrected chi connectivity index (χ2v) is 7.45. The molecule has 0 amide bonds. The highest BCUT2D eigenvalue weighted by molar-refractivity contribution is 6.08. The minimum atomic E-state index is -0.690. The van der Waals surface area contributed by atoms with E-state index in [1.165, 1.54) is 7.11 Å². The lowest BCUT2D eigenvalue weighted by atomic mass is 9.92. The lowest BCUT2D eigenvalue weighted by molar-refractivity contribution is 0.0595. The summed E-state index contributed by atoms with van der Waals surface area (Å²) in [7, 11) is 1.26. The molecule has 1 aromatic heterocycles. The van der Waals surface area contributed by atoms with Gasteiger partial charge in [0.1, 0.15) is 11.1 Å². The van der Waals surface area contributed by atoms with Crippen LogP contribution in [0, 0.1) is 6.92 Å². The lowest BCUT2D eigenvalue weighted by Gasteiger charge is -2.23. The van der Waals surface area contributed by atoms with Gasteiger partial charge in [0.25, 0.3) is 0 Å². The molecule has 0 aliphatic rings. The molecular weight excluding hydrogens is 390 g/mol. The highest BCUT2D eigenvalue weighted by Crippen LogP contribution is 2.38. The minimum absolute atomic E-state index is 0.0629. The maximum atomic E-state index is 12.7. The van der Waals surface area contributed by atoms with E-state index in [0.717, 1.165) is 46.1 Å². The van der Waals surface area contributed by atoms with Crippen LogP contribution in [0.2, 0.25) is 0 Å². The van der Waals surface area contributed by atoms with E-state index in [0.29, 0.717) is 11.1 Å². The number of carbonyl (C=O) groups is 1. The number of benzene rings is 3. The standard InChI is InChI=1S/C26H25NO4/c1-5-27(6-2)18-14-21(20-13-9-11-17-10-7-8-12-19(17)20)23-16(3)24(25(28)30-4)26(29)31-22(23)15-18/h7-15H,5-6H2,1-4H3. The molecule has 4 rings (SSSR count). The molecule has 5 nitrogen and oxygen atoms in total. The fraction of sp³-hybridized carbons (Fsp3) is 0.231. The summed E-state index contributed by atoms with van der Waals surface area (Å²) < 4.78 is 10.5. The number of rotatable bonds is 5. The number of ether oxygens (including phenoxy) is 1. The molecule has 158 valence electrons. The Labute approximate surface area is 180 Å². The van der Waals surface area contributed by atoms with E-state index in [-0.39, 0.29) is 5.56 Å². The van der Waals surface area contributed by atoms with Gasteiger partial charge in [-0.25, -0.2) is 9.59 Å². The number of anilines is 1. The average Bonchev–Trinajstić information content (AvgIpc) is 2.78. The second-order valence-electron chi connectivity index (χ2n) is 7.45. The molecule has 0 aliphatic carbocycles. The third-order valence-corrected chi connectivity index (χ3v) is 5.84. The summed E-state index contributed by atoms with van der Waals surface area (Å²) in [6.07, 6.45) is 0. The third kappa shape index (κ3) is 3.46. The van der Waals surface area contributed by atoms with Crippen molar-refractivity contribution in [3.8, 4) is 11.1 Å². The third-order valence-electron chi connectivity index (χ3n) is 5.84. The molecule has 1 heterocycles. The Morgan fingerprint density at radius 3 is 2.42 bits per heavy atom. The topological polar surface area (TPSA) is 59.8 Å². The first-order valence-electron chi connectivity index (χ1n) is 10.4. The molecule has 0 N–H and O–H groups in total. The molecule has 0 unspecified atom stereocenters. The van der Waals surface area contributed by atoms with Crippen molar-refractivity contribution in [2.45, 2.75) is 20.8 Å². The van der Waals surface area contributed by atoms with Gasteiger partial charge < -0.3 is 14.1 Å². The van der Waals surface area contributed by atoms with Crippen molar-refractivity contribution >= 4 is 33.4 Å². The molecule has 4 aromatic rings. The first-order chi connectivity index (χ1) is 15.0. The van der Waals surface area contributed by atoms with E-state index in [9.17, 15) is 9.59 Å². The fourth-order valence-electron chi connectivity index (χ4n) is 4.28. The Kier molecular flexibility index (Phi) is 5.51. The quantitative estimate of drug-likeness (QED) is 0.316. The molecule has 0 saturated carbocycles. The maximum Gasteiger partial charge on any atom is 0.351 e. The van der Waals surface area contributed by atoms with Crippen LogP contribution in [0.5, 0.6) is 0 Å². The number of aryl methyl sites for hydroxylation is 1. The molecular formula is C26H25NO4. The highest BCUT2D eigenvalue weighted by atomic mass is 16.5. The summed E-state index contributed by atoms with van der Waals surface area (Å²) in [6.45, 7) is 7.60. The SMILES string of the molecule is CCN(CC)c1cc(-c2cccc3ccccc23)c2c(C)c(C(=O)OC)c(=O)oc2c1. The molecule has 0 spiro atoms. The van der Waals surface area contributed by atoms with Crippen molar-refractivity contribution < 1.29 is 13.9 Å². The van der Waals surface area contributed by atoms with Gasteiger partial charge >= 0.3 is 11.6 Å². The maximum absolute atomic E-state index is 12.7. The molecule has 0 radical (unpaired) electrons. The van der Waals surface area contributed by atoms with Gasteiger partial charge in [-0.15, -0.1) is 0 Å². The van der Waals surface area contributed by atoms with Crippen molar-refractivity contribution in [2.75, 3.05) is 25.1 Å². The first-order valence-corrected chi connectivity index (χ1v) is 10.4. The van der Waals surface area contributed by atoms with E-state index in [1.807, 2.05) is 24.3 Å². The van der Waals surface area contributed by atoms with Gasteiger partial charge in [-0.2, -0.15) is 0 Å². The normalized spacial score (nSPS) is 11.1. The van der Waals surface area contributed by atoms with Crippen molar-refractivity contribution in [3.05, 3.63) is 76.1 Å². The van der Waals surface area contributed by atoms with Gasteiger partial charge in [0.05, 0.1) is 7.11 Å². The van der Waals surface area contributed by atoms with Crippen molar-refractivity contribution in [2.24, 2.45) is 0 Å². The number of esters is 1. The average molecular weight is 415 g/mol. The van der Waals surface area contributed by atoms with Gasteiger partial charge in [-0.3, -0.25) is 0 Å². The molecule has 3 aromatic carbocycles. The molecule has 0 aliphatic heterocycles. The highest BCUT2D eigenvalue weighted by Gasteiger charge is 2.23. The lowest BCUT2D eigenvalue weighted by Crippen LogP contribution is -2.22. The zero-order valence-corrected chi connectivity index (χ0v) is 18.2. The Balaban J connectivity index is 2.17.